The van der Waals surface area contributed by atoms with Crippen molar-refractivity contribution in [3.63, 3.8) is 0 Å². The van der Waals surface area contributed by atoms with Gasteiger partial charge in [0.1, 0.15) is 5.58 Å². The lowest BCUT2D eigenvalue weighted by atomic mass is 9.93. The summed E-state index contributed by atoms with van der Waals surface area (Å²) < 4.78 is 11.3. The summed E-state index contributed by atoms with van der Waals surface area (Å²) in [5, 5.41) is 4.81. The highest BCUT2D eigenvalue weighted by Crippen LogP contribution is 2.56. The Morgan fingerprint density at radius 2 is 1.31 bits per heavy atom. The van der Waals surface area contributed by atoms with E-state index < -0.39 is 0 Å². The van der Waals surface area contributed by atoms with Crippen molar-refractivity contribution in [3.05, 3.63) is 169 Å². The Morgan fingerprint density at radius 1 is 0.636 bits per heavy atom. The molecule has 0 spiro atoms. The molecule has 55 heavy (non-hydrogen) atoms. The summed E-state index contributed by atoms with van der Waals surface area (Å²) in [5.74, 6) is 0.751. The molecule has 0 unspecified atom stereocenters. The second kappa shape index (κ2) is 11.9. The maximum Gasteiger partial charge on any atom is 0.268 e. The molecule has 0 fully saturated rings. The smallest absolute Gasteiger partial charge is 0.268 e. The van der Waals surface area contributed by atoms with Crippen molar-refractivity contribution in [2.45, 2.75) is 6.04 Å². The highest BCUT2D eigenvalue weighted by Gasteiger charge is 2.35. The number of aromatic amines is 1. The lowest BCUT2D eigenvalue weighted by Gasteiger charge is -2.40. The topological polar surface area (TPSA) is 59.5 Å². The van der Waals surface area contributed by atoms with Gasteiger partial charge in [-0.15, -0.1) is 0 Å². The van der Waals surface area contributed by atoms with Gasteiger partial charge in [0.15, 0.2) is 11.8 Å². The number of nitrogens with zero attached hydrogens (tertiary/aromatic N) is 5. The molecule has 266 valence electrons. The van der Waals surface area contributed by atoms with Crippen molar-refractivity contribution in [2.24, 2.45) is 14.1 Å². The van der Waals surface area contributed by atoms with Crippen molar-refractivity contribution in [2.75, 3.05) is 27.1 Å². The number of para-hydroxylation sites is 4. The molecule has 11 rings (SSSR count). The number of anilines is 9. The molecule has 8 heteroatoms. The van der Waals surface area contributed by atoms with Crippen molar-refractivity contribution >= 4 is 73.5 Å². The van der Waals surface area contributed by atoms with Crippen molar-refractivity contribution in [1.29, 1.82) is 0 Å². The Bertz CT molecular complexity index is 2880. The fourth-order valence-corrected chi connectivity index (χ4v) is 8.85. The minimum Gasteiger partial charge on any atom is -0.440 e. The minimum absolute atomic E-state index is 0.0986. The molecule has 8 nitrogen and oxygen atoms in total. The van der Waals surface area contributed by atoms with E-state index in [-0.39, 0.29) is 6.04 Å². The second-order valence-corrected chi connectivity index (χ2v) is 14.5. The van der Waals surface area contributed by atoms with Gasteiger partial charge in [0.25, 0.3) is 5.65 Å². The summed E-state index contributed by atoms with van der Waals surface area (Å²) in [4.78, 5) is 10.6. The predicted octanol–water partition coefficient (Wildman–Crippen LogP) is 11.3. The standard InChI is InChI=1S/C47H37N7O/c1-50-28-34(44-47(50)51(2)29-48-44)32-22-24-39-41(26-32)53(40-21-13-12-20-38(40)52(39)3)43-27-33-42(55-43)25-23-36-46(33)54(37-19-11-10-18-35(37)49-36)45(30-14-6-4-7-15-30)31-16-8-5-9-17-31/h4-29,45,49H,1-3H3/p+1. The van der Waals surface area contributed by atoms with Gasteiger partial charge in [-0.1, -0.05) is 91.0 Å². The largest absolute Gasteiger partial charge is 0.440 e. The lowest BCUT2D eigenvalue weighted by molar-refractivity contribution is -0.647. The third kappa shape index (κ3) is 4.67. The highest BCUT2D eigenvalue weighted by molar-refractivity contribution is 6.08. The van der Waals surface area contributed by atoms with Crippen molar-refractivity contribution < 1.29 is 8.98 Å². The maximum atomic E-state index is 7.01. The third-order valence-corrected chi connectivity index (χ3v) is 11.3. The van der Waals surface area contributed by atoms with Crippen LogP contribution in [0.4, 0.5) is 51.4 Å². The molecule has 0 amide bonds. The minimum atomic E-state index is -0.0986. The van der Waals surface area contributed by atoms with Crippen LogP contribution in [0.25, 0.3) is 33.3 Å². The molecule has 9 aromatic rings. The molecule has 6 aromatic carbocycles. The van der Waals surface area contributed by atoms with Gasteiger partial charge in [0, 0.05) is 18.5 Å². The molecule has 5 heterocycles. The molecule has 2 aliphatic rings. The zero-order valence-electron chi connectivity index (χ0n) is 30.7. The SMILES string of the molecule is CN1c2ccccc2N(c2cc3c4c(ccc3o2)Nc2ccccc2N4C(c2ccccc2)c2ccccc2)c2cc(-c3cn(C)c4c3[nH]c[n+]4C)ccc21. The quantitative estimate of drug-likeness (QED) is 0.174. The third-order valence-electron chi connectivity index (χ3n) is 11.3. The molecule has 0 saturated carbocycles. The van der Waals surface area contributed by atoms with Gasteiger partial charge >= 0.3 is 0 Å². The van der Waals surface area contributed by atoms with E-state index in [1.807, 2.05) is 6.33 Å². The summed E-state index contributed by atoms with van der Waals surface area (Å²) in [6, 6.07) is 51.9. The number of aryl methyl sites for hydroxylation is 2. The zero-order valence-corrected chi connectivity index (χ0v) is 30.7. The van der Waals surface area contributed by atoms with Gasteiger partial charge in [0.05, 0.1) is 77.4 Å². The van der Waals surface area contributed by atoms with Gasteiger partial charge in [-0.3, -0.25) is 14.5 Å². The second-order valence-electron chi connectivity index (χ2n) is 14.5. The first-order chi connectivity index (χ1) is 27.0. The number of rotatable bonds is 5. The van der Waals surface area contributed by atoms with Gasteiger partial charge in [-0.2, -0.15) is 0 Å². The van der Waals surface area contributed by atoms with Crippen LogP contribution in [0.2, 0.25) is 0 Å². The van der Waals surface area contributed by atoms with E-state index in [0.717, 1.165) is 84.6 Å². The van der Waals surface area contributed by atoms with Crippen LogP contribution >= 0.6 is 0 Å². The molecule has 0 atom stereocenters. The summed E-state index contributed by atoms with van der Waals surface area (Å²) in [6.45, 7) is 0. The Hall–Kier alpha value is -7.19. The molecule has 3 aromatic heterocycles. The first-order valence-corrected chi connectivity index (χ1v) is 18.6. The average molecular weight is 717 g/mol. The van der Waals surface area contributed by atoms with E-state index in [1.165, 1.54) is 11.1 Å². The van der Waals surface area contributed by atoms with E-state index in [0.29, 0.717) is 0 Å². The predicted molar refractivity (Wildman–Crippen MR) is 223 cm³/mol. The molecule has 0 radical (unpaired) electrons. The van der Waals surface area contributed by atoms with Crippen LogP contribution in [0.1, 0.15) is 17.2 Å². The molecular formula is C47H38N7O+. The van der Waals surface area contributed by atoms with Gasteiger partial charge in [0.2, 0.25) is 5.88 Å². The Kier molecular flexibility index (Phi) is 6.79. The molecule has 2 aliphatic heterocycles. The van der Waals surface area contributed by atoms with Crippen molar-refractivity contribution in [3.8, 4) is 11.1 Å². The maximum absolute atomic E-state index is 7.01. The van der Waals surface area contributed by atoms with Gasteiger partial charge in [-0.25, -0.2) is 4.57 Å². The van der Waals surface area contributed by atoms with Crippen LogP contribution in [-0.4, -0.2) is 16.6 Å². The molecule has 2 N–H and O–H groups in total. The Labute approximate surface area is 318 Å². The summed E-state index contributed by atoms with van der Waals surface area (Å²) >= 11 is 0. The Morgan fingerprint density at radius 3 is 2.07 bits per heavy atom. The van der Waals surface area contributed by atoms with Crippen LogP contribution in [0.5, 0.6) is 0 Å². The number of hydrogen-bond donors (Lipinski definition) is 2. The van der Waals surface area contributed by atoms with E-state index in [1.54, 1.807) is 0 Å². The lowest BCUT2D eigenvalue weighted by Crippen LogP contribution is -2.28. The molecule has 0 aliphatic carbocycles. The number of imidazole rings is 1. The van der Waals surface area contributed by atoms with Gasteiger partial charge < -0.3 is 19.5 Å². The van der Waals surface area contributed by atoms with Crippen LogP contribution in [-0.2, 0) is 14.1 Å². The fraction of sp³-hybridized carbons (Fsp3) is 0.0851. The number of aromatic nitrogens is 3. The number of nitrogens with one attached hydrogen (secondary N) is 2. The monoisotopic (exact) mass is 716 g/mol. The zero-order chi connectivity index (χ0) is 36.8. The summed E-state index contributed by atoms with van der Waals surface area (Å²) in [6.07, 6.45) is 4.21. The highest BCUT2D eigenvalue weighted by atomic mass is 16.4. The van der Waals surface area contributed by atoms with Gasteiger partial charge in [-0.05, 0) is 65.2 Å². The number of hydrogen-bond acceptors (Lipinski definition) is 5. The Balaban J connectivity index is 1.14. The number of furan rings is 1. The molecular weight excluding hydrogens is 679 g/mol. The summed E-state index contributed by atoms with van der Waals surface area (Å²) in [7, 11) is 6.31. The van der Waals surface area contributed by atoms with Crippen LogP contribution in [0, 0.1) is 0 Å². The van der Waals surface area contributed by atoms with Crippen LogP contribution in [0.3, 0.4) is 0 Å². The van der Waals surface area contributed by atoms with Crippen LogP contribution in [0.15, 0.2) is 163 Å². The average Bonchev–Trinajstić information content (AvgIpc) is 3.93. The summed E-state index contributed by atoms with van der Waals surface area (Å²) in [5.41, 5.74) is 16.3. The van der Waals surface area contributed by atoms with Crippen LogP contribution < -0.4 is 24.6 Å². The fourth-order valence-electron chi connectivity index (χ4n) is 8.85. The first kappa shape index (κ1) is 31.3. The first-order valence-electron chi connectivity index (χ1n) is 18.6. The normalized spacial score (nSPS) is 13.2. The van der Waals surface area contributed by atoms with E-state index in [2.05, 4.69) is 207 Å². The molecule has 0 saturated heterocycles. The van der Waals surface area contributed by atoms with E-state index in [9.17, 15) is 0 Å². The molecule has 0 bridgehead atoms. The van der Waals surface area contributed by atoms with E-state index >= 15 is 0 Å². The number of fused-ring (bicyclic) bond motifs is 7. The number of benzene rings is 6. The number of H-pyrrole nitrogens is 1. The van der Waals surface area contributed by atoms with E-state index in [4.69, 9.17) is 4.42 Å². The van der Waals surface area contributed by atoms with Crippen molar-refractivity contribution in [1.82, 2.24) is 9.55 Å².